The number of carbonyl (C=O) groups excluding carboxylic acids is 1. The fourth-order valence-electron chi connectivity index (χ4n) is 2.12. The molecule has 0 aliphatic rings. The van der Waals surface area contributed by atoms with E-state index in [9.17, 15) is 4.79 Å². The van der Waals surface area contributed by atoms with Crippen molar-refractivity contribution < 1.29 is 4.79 Å². The number of carbonyl (C=O) groups is 1. The number of thiazole rings is 1. The Labute approximate surface area is 158 Å². The number of nitrogens with one attached hydrogen (secondary N) is 2. The summed E-state index contributed by atoms with van der Waals surface area (Å²) in [5, 5.41) is 7.92. The Kier molecular flexibility index (Phi) is 5.45. The topological polar surface area (TPSA) is 66.4 Å². The van der Waals surface area contributed by atoms with Crippen LogP contribution in [-0.2, 0) is 0 Å². The van der Waals surface area contributed by atoms with E-state index in [4.69, 9.17) is 0 Å². The van der Waals surface area contributed by atoms with E-state index in [2.05, 4.69) is 43.7 Å². The van der Waals surface area contributed by atoms with Gasteiger partial charge in [-0.2, -0.15) is 5.10 Å². The Morgan fingerprint density at radius 2 is 2.08 bits per heavy atom. The second-order valence-electron chi connectivity index (χ2n) is 5.45. The van der Waals surface area contributed by atoms with Crippen LogP contribution in [-0.4, -0.2) is 16.6 Å². The third kappa shape index (κ3) is 4.24. The molecule has 0 fully saturated rings. The van der Waals surface area contributed by atoms with Gasteiger partial charge in [-0.3, -0.25) is 10.2 Å². The van der Waals surface area contributed by atoms with Crippen molar-refractivity contribution in [2.45, 2.75) is 20.3 Å². The van der Waals surface area contributed by atoms with Crippen LogP contribution in [0.3, 0.4) is 0 Å². The molecule has 5 nitrogen and oxygen atoms in total. The van der Waals surface area contributed by atoms with Gasteiger partial charge in [-0.1, -0.05) is 30.4 Å². The average Bonchev–Trinajstić information content (AvgIpc) is 3.02. The summed E-state index contributed by atoms with van der Waals surface area (Å²) >= 11 is 4.90. The van der Waals surface area contributed by atoms with Gasteiger partial charge in [-0.05, 0) is 59.6 Å². The molecule has 3 rings (SSSR count). The lowest BCUT2D eigenvalue weighted by Crippen LogP contribution is -2.12. The lowest BCUT2D eigenvalue weighted by molar-refractivity contribution is 0.102. The normalized spacial score (nSPS) is 11.6. The van der Waals surface area contributed by atoms with Gasteiger partial charge in [-0.15, -0.1) is 0 Å². The molecular weight excluding hydrogens is 400 g/mol. The largest absolute Gasteiger partial charge is 0.322 e. The Bertz CT molecular complexity index is 951. The Morgan fingerprint density at radius 3 is 2.84 bits per heavy atom. The number of hydrazone groups is 1. The summed E-state index contributed by atoms with van der Waals surface area (Å²) in [5.41, 5.74) is 6.19. The third-order valence-electron chi connectivity index (χ3n) is 3.62. The highest BCUT2D eigenvalue weighted by Gasteiger charge is 2.11. The number of hydrogen-bond donors (Lipinski definition) is 2. The molecule has 0 saturated heterocycles. The van der Waals surface area contributed by atoms with Crippen molar-refractivity contribution in [2.75, 3.05) is 10.7 Å². The van der Waals surface area contributed by atoms with Gasteiger partial charge >= 0.3 is 0 Å². The molecule has 2 N–H and O–H groups in total. The van der Waals surface area contributed by atoms with E-state index < -0.39 is 0 Å². The molecule has 25 heavy (non-hydrogen) atoms. The zero-order valence-corrected chi connectivity index (χ0v) is 16.2. The minimum Gasteiger partial charge on any atom is -0.322 e. The maximum atomic E-state index is 12.4. The molecule has 3 aromatic rings. The van der Waals surface area contributed by atoms with E-state index in [1.165, 1.54) is 11.3 Å². The van der Waals surface area contributed by atoms with Crippen molar-refractivity contribution in [3.63, 3.8) is 0 Å². The maximum absolute atomic E-state index is 12.4. The van der Waals surface area contributed by atoms with Crippen molar-refractivity contribution in [3.05, 3.63) is 52.5 Å². The number of rotatable bonds is 5. The van der Waals surface area contributed by atoms with Crippen molar-refractivity contribution in [3.8, 4) is 0 Å². The van der Waals surface area contributed by atoms with Crippen LogP contribution < -0.4 is 10.7 Å². The van der Waals surface area contributed by atoms with Gasteiger partial charge in [-0.25, -0.2) is 4.98 Å². The zero-order valence-electron chi connectivity index (χ0n) is 13.8. The minimum absolute atomic E-state index is 0.155. The Morgan fingerprint density at radius 1 is 1.28 bits per heavy atom. The molecule has 0 spiro atoms. The molecular formula is C18H17BrN4OS. The molecule has 0 radical (unpaired) electrons. The van der Waals surface area contributed by atoms with Crippen LogP contribution in [0.25, 0.3) is 10.2 Å². The molecule has 2 aromatic carbocycles. The Hall–Kier alpha value is -2.25. The standard InChI is InChI=1S/C18H17BrN4OS/c1-3-11(2)22-23-18-21-15-9-8-12(10-16(15)25-18)20-17(24)13-6-4-5-7-14(13)19/h4-10H,3H2,1-2H3,(H,20,24)(H,21,23)/b22-11-. The quantitative estimate of drug-likeness (QED) is 0.425. The van der Waals surface area contributed by atoms with Crippen molar-refractivity contribution in [2.24, 2.45) is 5.10 Å². The van der Waals surface area contributed by atoms with Gasteiger partial charge in [0.2, 0.25) is 5.13 Å². The van der Waals surface area contributed by atoms with E-state index in [0.717, 1.165) is 37.6 Å². The monoisotopic (exact) mass is 416 g/mol. The molecule has 0 aliphatic carbocycles. The van der Waals surface area contributed by atoms with Crippen LogP contribution >= 0.6 is 27.3 Å². The smallest absolute Gasteiger partial charge is 0.256 e. The van der Waals surface area contributed by atoms with Gasteiger partial charge in [0.1, 0.15) is 0 Å². The number of hydrogen-bond acceptors (Lipinski definition) is 5. The summed E-state index contributed by atoms with van der Waals surface area (Å²) in [6.45, 7) is 4.02. The number of halogens is 1. The van der Waals surface area contributed by atoms with Crippen LogP contribution in [0, 0.1) is 0 Å². The van der Waals surface area contributed by atoms with E-state index in [1.807, 2.05) is 43.3 Å². The first-order valence-electron chi connectivity index (χ1n) is 7.82. The summed E-state index contributed by atoms with van der Waals surface area (Å²) in [4.78, 5) is 16.9. The Balaban J connectivity index is 1.79. The first kappa shape index (κ1) is 17.6. The number of anilines is 2. The zero-order chi connectivity index (χ0) is 17.8. The number of amides is 1. The molecule has 0 bridgehead atoms. The second-order valence-corrected chi connectivity index (χ2v) is 7.33. The van der Waals surface area contributed by atoms with Crippen LogP contribution in [0.1, 0.15) is 30.6 Å². The van der Waals surface area contributed by atoms with Crippen LogP contribution in [0.4, 0.5) is 10.8 Å². The lowest BCUT2D eigenvalue weighted by atomic mass is 10.2. The molecule has 0 saturated carbocycles. The van der Waals surface area contributed by atoms with Crippen molar-refractivity contribution >= 4 is 59.9 Å². The summed E-state index contributed by atoms with van der Waals surface area (Å²) < 4.78 is 1.75. The third-order valence-corrected chi connectivity index (χ3v) is 5.23. The molecule has 128 valence electrons. The van der Waals surface area contributed by atoms with Crippen molar-refractivity contribution in [1.82, 2.24) is 4.98 Å². The molecule has 0 atom stereocenters. The SMILES string of the molecule is CC/C(C)=N\Nc1nc2ccc(NC(=O)c3ccccc3Br)cc2s1. The summed E-state index contributed by atoms with van der Waals surface area (Å²) in [7, 11) is 0. The molecule has 0 unspecified atom stereocenters. The maximum Gasteiger partial charge on any atom is 0.256 e. The van der Waals surface area contributed by atoms with Crippen LogP contribution in [0.2, 0.25) is 0 Å². The van der Waals surface area contributed by atoms with E-state index in [-0.39, 0.29) is 5.91 Å². The van der Waals surface area contributed by atoms with E-state index in [0.29, 0.717) is 5.56 Å². The van der Waals surface area contributed by atoms with E-state index >= 15 is 0 Å². The second kappa shape index (κ2) is 7.76. The number of fused-ring (bicyclic) bond motifs is 1. The predicted octanol–water partition coefficient (Wildman–Crippen LogP) is 5.51. The average molecular weight is 417 g/mol. The highest BCUT2D eigenvalue weighted by Crippen LogP contribution is 2.29. The molecule has 0 aliphatic heterocycles. The fourth-order valence-corrected chi connectivity index (χ4v) is 3.43. The van der Waals surface area contributed by atoms with Gasteiger partial charge in [0.15, 0.2) is 0 Å². The summed E-state index contributed by atoms with van der Waals surface area (Å²) in [5.74, 6) is -0.155. The van der Waals surface area contributed by atoms with E-state index in [1.54, 1.807) is 6.07 Å². The van der Waals surface area contributed by atoms with Crippen molar-refractivity contribution in [1.29, 1.82) is 0 Å². The highest BCUT2D eigenvalue weighted by molar-refractivity contribution is 9.10. The molecule has 1 aromatic heterocycles. The first-order valence-corrected chi connectivity index (χ1v) is 9.43. The fraction of sp³-hybridized carbons (Fsp3) is 0.167. The predicted molar refractivity (Wildman–Crippen MR) is 109 cm³/mol. The first-order chi connectivity index (χ1) is 12.1. The lowest BCUT2D eigenvalue weighted by Gasteiger charge is -2.06. The number of aromatic nitrogens is 1. The summed E-state index contributed by atoms with van der Waals surface area (Å²) in [6, 6.07) is 13.0. The minimum atomic E-state index is -0.155. The number of benzene rings is 2. The molecule has 1 amide bonds. The molecule has 1 heterocycles. The van der Waals surface area contributed by atoms with Gasteiger partial charge in [0, 0.05) is 15.9 Å². The van der Waals surface area contributed by atoms with Crippen LogP contribution in [0.5, 0.6) is 0 Å². The highest BCUT2D eigenvalue weighted by atomic mass is 79.9. The number of nitrogens with zero attached hydrogens (tertiary/aromatic N) is 2. The summed E-state index contributed by atoms with van der Waals surface area (Å²) in [6.07, 6.45) is 0.892. The van der Waals surface area contributed by atoms with Gasteiger partial charge in [0.25, 0.3) is 5.91 Å². The van der Waals surface area contributed by atoms with Gasteiger partial charge in [0.05, 0.1) is 15.8 Å². The van der Waals surface area contributed by atoms with Crippen LogP contribution in [0.15, 0.2) is 52.0 Å². The van der Waals surface area contributed by atoms with Gasteiger partial charge < -0.3 is 5.32 Å². The molecule has 7 heteroatoms.